The maximum atomic E-state index is 13.8. The molecule has 140 valence electrons. The number of ether oxygens (including phenoxy) is 1. The smallest absolute Gasteiger partial charge is 0.309 e. The van der Waals surface area contributed by atoms with Crippen LogP contribution in [0.5, 0.6) is 0 Å². The van der Waals surface area contributed by atoms with Crippen LogP contribution < -0.4 is 0 Å². The third-order valence-electron chi connectivity index (χ3n) is 4.82. The highest BCUT2D eigenvalue weighted by molar-refractivity contribution is 9.10. The first-order chi connectivity index (χ1) is 12.2. The van der Waals surface area contributed by atoms with E-state index in [1.807, 2.05) is 6.92 Å². The summed E-state index contributed by atoms with van der Waals surface area (Å²) in [4.78, 5) is 12.1. The number of aromatic nitrogens is 2. The van der Waals surface area contributed by atoms with Crippen molar-refractivity contribution in [2.75, 3.05) is 7.11 Å². The average Bonchev–Trinajstić information content (AvgIpc) is 2.90. The van der Waals surface area contributed by atoms with E-state index in [4.69, 9.17) is 4.74 Å². The van der Waals surface area contributed by atoms with Crippen LogP contribution in [0.15, 0.2) is 28.7 Å². The van der Waals surface area contributed by atoms with E-state index in [2.05, 4.69) is 21.0 Å². The van der Waals surface area contributed by atoms with Crippen molar-refractivity contribution in [3.05, 3.63) is 45.9 Å². The van der Waals surface area contributed by atoms with Gasteiger partial charge in [-0.2, -0.15) is 5.10 Å². The molecule has 1 aromatic heterocycles. The summed E-state index contributed by atoms with van der Waals surface area (Å²) in [7, 11) is 1.20. The molecule has 26 heavy (non-hydrogen) atoms. The van der Waals surface area contributed by atoms with Crippen LogP contribution in [0.3, 0.4) is 0 Å². The van der Waals surface area contributed by atoms with E-state index in [0.717, 1.165) is 5.69 Å². The maximum Gasteiger partial charge on any atom is 0.309 e. The molecule has 2 atom stereocenters. The second-order valence-electron chi connectivity index (χ2n) is 6.51. The number of esters is 1. The molecule has 1 aliphatic carbocycles. The molecule has 0 saturated heterocycles. The lowest BCUT2D eigenvalue weighted by Gasteiger charge is -2.33. The van der Waals surface area contributed by atoms with E-state index in [0.29, 0.717) is 15.9 Å². The third kappa shape index (κ3) is 3.51. The average molecular weight is 431 g/mol. The first-order valence-electron chi connectivity index (χ1n) is 8.20. The second kappa shape index (κ2) is 7.06. The predicted octanol–water partition coefficient (Wildman–Crippen LogP) is 4.77. The Morgan fingerprint density at radius 2 is 2.00 bits per heavy atom. The first kappa shape index (κ1) is 18.9. The molecule has 4 nitrogen and oxygen atoms in total. The first-order valence-corrected chi connectivity index (χ1v) is 8.99. The van der Waals surface area contributed by atoms with Gasteiger partial charge in [0.15, 0.2) is 0 Å². The Balaban J connectivity index is 2.01. The SMILES string of the molecule is COC(=O)[C@@H]1CC(F)(F)CC[C@H]1c1nn(-c2ccc(F)cc2)c(C)c1Br. The van der Waals surface area contributed by atoms with Crippen LogP contribution >= 0.6 is 15.9 Å². The highest BCUT2D eigenvalue weighted by atomic mass is 79.9. The Morgan fingerprint density at radius 3 is 2.62 bits per heavy atom. The van der Waals surface area contributed by atoms with Crippen molar-refractivity contribution in [2.24, 2.45) is 5.92 Å². The van der Waals surface area contributed by atoms with Crippen LogP contribution in [0.4, 0.5) is 13.2 Å². The summed E-state index contributed by atoms with van der Waals surface area (Å²) in [5.41, 5.74) is 1.93. The largest absolute Gasteiger partial charge is 0.469 e. The van der Waals surface area contributed by atoms with Gasteiger partial charge in [0.05, 0.1) is 34.6 Å². The molecular weight excluding hydrogens is 413 g/mol. The molecule has 0 unspecified atom stereocenters. The van der Waals surface area contributed by atoms with Gasteiger partial charge in [0.1, 0.15) is 5.82 Å². The second-order valence-corrected chi connectivity index (χ2v) is 7.30. The minimum absolute atomic E-state index is 0.130. The number of hydrogen-bond donors (Lipinski definition) is 0. The number of nitrogens with zero attached hydrogens (tertiary/aromatic N) is 2. The van der Waals surface area contributed by atoms with Gasteiger partial charge in [-0.05, 0) is 53.5 Å². The quantitative estimate of drug-likeness (QED) is 0.658. The predicted molar refractivity (Wildman–Crippen MR) is 93.0 cm³/mol. The molecule has 1 aliphatic rings. The molecule has 2 aromatic rings. The fraction of sp³-hybridized carbons (Fsp3) is 0.444. The van der Waals surface area contributed by atoms with E-state index < -0.39 is 30.1 Å². The number of carbonyl (C=O) groups is 1. The Labute approximate surface area is 157 Å². The van der Waals surface area contributed by atoms with Crippen LogP contribution in [0, 0.1) is 18.7 Å². The van der Waals surface area contributed by atoms with Gasteiger partial charge in [0, 0.05) is 18.8 Å². The Bertz CT molecular complexity index is 821. The fourth-order valence-corrected chi connectivity index (χ4v) is 3.98. The molecule has 0 bridgehead atoms. The number of methoxy groups -OCH3 is 1. The molecule has 1 saturated carbocycles. The Morgan fingerprint density at radius 1 is 1.35 bits per heavy atom. The molecule has 3 rings (SSSR count). The van der Waals surface area contributed by atoms with E-state index in [9.17, 15) is 18.0 Å². The minimum atomic E-state index is -2.89. The van der Waals surface area contributed by atoms with Crippen LogP contribution in [-0.2, 0) is 9.53 Å². The number of rotatable bonds is 3. The lowest BCUT2D eigenvalue weighted by atomic mass is 9.75. The maximum absolute atomic E-state index is 13.8. The summed E-state index contributed by atoms with van der Waals surface area (Å²) in [6, 6.07) is 5.81. The van der Waals surface area contributed by atoms with Crippen molar-refractivity contribution in [1.82, 2.24) is 9.78 Å². The van der Waals surface area contributed by atoms with E-state index in [-0.39, 0.29) is 18.7 Å². The number of alkyl halides is 2. The molecular formula is C18H18BrF3N2O2. The van der Waals surface area contributed by atoms with Crippen LogP contribution in [0.25, 0.3) is 5.69 Å². The van der Waals surface area contributed by atoms with Crippen molar-refractivity contribution in [3.63, 3.8) is 0 Å². The van der Waals surface area contributed by atoms with Crippen LogP contribution in [-0.4, -0.2) is 28.8 Å². The number of hydrogen-bond acceptors (Lipinski definition) is 3. The third-order valence-corrected chi connectivity index (χ3v) is 5.80. The zero-order valence-electron chi connectivity index (χ0n) is 14.3. The van der Waals surface area contributed by atoms with Gasteiger partial charge in [-0.25, -0.2) is 17.9 Å². The molecule has 1 aromatic carbocycles. The van der Waals surface area contributed by atoms with E-state index in [1.54, 1.807) is 16.8 Å². The van der Waals surface area contributed by atoms with Gasteiger partial charge in [0.25, 0.3) is 0 Å². The van der Waals surface area contributed by atoms with Gasteiger partial charge in [-0.1, -0.05) is 0 Å². The number of benzene rings is 1. The lowest BCUT2D eigenvalue weighted by Crippen LogP contribution is -2.36. The molecule has 8 heteroatoms. The molecule has 1 heterocycles. The highest BCUT2D eigenvalue weighted by Crippen LogP contribution is 2.47. The van der Waals surface area contributed by atoms with Gasteiger partial charge in [-0.3, -0.25) is 4.79 Å². The van der Waals surface area contributed by atoms with Crippen LogP contribution in [0.2, 0.25) is 0 Å². The molecule has 0 amide bonds. The zero-order chi connectivity index (χ0) is 19.1. The van der Waals surface area contributed by atoms with Crippen molar-refractivity contribution in [3.8, 4) is 5.69 Å². The highest BCUT2D eigenvalue weighted by Gasteiger charge is 2.47. The van der Waals surface area contributed by atoms with Crippen LogP contribution in [0.1, 0.15) is 36.6 Å². The van der Waals surface area contributed by atoms with Crippen molar-refractivity contribution < 1.29 is 22.7 Å². The van der Waals surface area contributed by atoms with Crippen molar-refractivity contribution in [2.45, 2.75) is 38.0 Å². The summed E-state index contributed by atoms with van der Waals surface area (Å²) in [5, 5.41) is 4.54. The van der Waals surface area contributed by atoms with Crippen molar-refractivity contribution >= 4 is 21.9 Å². The molecule has 0 spiro atoms. The zero-order valence-corrected chi connectivity index (χ0v) is 15.9. The van der Waals surface area contributed by atoms with Crippen molar-refractivity contribution in [1.29, 1.82) is 0 Å². The van der Waals surface area contributed by atoms with E-state index in [1.165, 1.54) is 19.2 Å². The minimum Gasteiger partial charge on any atom is -0.469 e. The molecule has 1 fully saturated rings. The van der Waals surface area contributed by atoms with E-state index >= 15 is 0 Å². The summed E-state index contributed by atoms with van der Waals surface area (Å²) in [5.74, 6) is -5.35. The number of carbonyl (C=O) groups excluding carboxylic acids is 1. The summed E-state index contributed by atoms with van der Waals surface area (Å²) in [6.07, 6.45) is -0.732. The number of halogens is 4. The standard InChI is InChI=1S/C18H18BrF3N2O2/c1-10-15(19)16(23-24(10)12-5-3-11(20)4-6-12)13-7-8-18(21,22)9-14(13)17(25)26-2/h3-6,13-14H,7-9H2,1-2H3/t13-,14-/m1/s1. The lowest BCUT2D eigenvalue weighted by molar-refractivity contribution is -0.154. The Kier molecular flexibility index (Phi) is 5.14. The van der Waals surface area contributed by atoms with Gasteiger partial charge < -0.3 is 4.74 Å². The fourth-order valence-electron chi connectivity index (χ4n) is 3.44. The molecule has 0 aliphatic heterocycles. The monoisotopic (exact) mass is 430 g/mol. The molecule has 0 N–H and O–H groups in total. The normalized spacial score (nSPS) is 22.2. The summed E-state index contributed by atoms with van der Waals surface area (Å²) >= 11 is 3.48. The topological polar surface area (TPSA) is 44.1 Å². The summed E-state index contributed by atoms with van der Waals surface area (Å²) < 4.78 is 47.9. The van der Waals surface area contributed by atoms with Gasteiger partial charge >= 0.3 is 5.97 Å². The van der Waals surface area contributed by atoms with Gasteiger partial charge in [-0.15, -0.1) is 0 Å². The van der Waals surface area contributed by atoms with Gasteiger partial charge in [0.2, 0.25) is 5.92 Å². The summed E-state index contributed by atoms with van der Waals surface area (Å²) in [6.45, 7) is 1.81. The Hall–Kier alpha value is -1.83. The molecule has 0 radical (unpaired) electrons.